The molecule has 0 saturated heterocycles. The Bertz CT molecular complexity index is 1490. The minimum Gasteiger partial charge on any atom is -0.322 e. The van der Waals surface area contributed by atoms with Crippen molar-refractivity contribution in [3.05, 3.63) is 107 Å². The van der Waals surface area contributed by atoms with Gasteiger partial charge in [-0.05, 0) is 47.7 Å². The molecule has 6 heteroatoms. The van der Waals surface area contributed by atoms with Crippen LogP contribution < -0.4 is 5.32 Å². The minimum absolute atomic E-state index is 0.0351. The van der Waals surface area contributed by atoms with Gasteiger partial charge in [0, 0.05) is 28.4 Å². The molecule has 0 aliphatic heterocycles. The van der Waals surface area contributed by atoms with Gasteiger partial charge in [-0.25, -0.2) is 12.4 Å². The van der Waals surface area contributed by atoms with Crippen LogP contribution in [-0.2, 0) is 26.0 Å². The molecule has 0 atom stereocenters. The van der Waals surface area contributed by atoms with Crippen molar-refractivity contribution >= 4 is 38.6 Å². The van der Waals surface area contributed by atoms with Crippen molar-refractivity contribution in [2.45, 2.75) is 38.9 Å². The predicted octanol–water partition coefficient (Wildman–Crippen LogP) is 6.36. The smallest absolute Gasteiger partial charge is 0.251 e. The largest absolute Gasteiger partial charge is 0.322 e. The van der Waals surface area contributed by atoms with E-state index >= 15 is 0 Å². The van der Waals surface area contributed by atoms with Gasteiger partial charge in [0.1, 0.15) is 0 Å². The maximum absolute atomic E-state index is 13.3. The molecule has 0 aliphatic rings. The van der Waals surface area contributed by atoms with Crippen LogP contribution in [0.2, 0.25) is 0 Å². The average molecular weight is 487 g/mol. The third-order valence-electron chi connectivity index (χ3n) is 5.94. The molecule has 0 unspecified atom stereocenters. The van der Waals surface area contributed by atoms with Crippen LogP contribution in [-0.4, -0.2) is 18.3 Å². The number of nitrogens with zero attached hydrogens (tertiary/aromatic N) is 1. The lowest BCUT2D eigenvalue weighted by Crippen LogP contribution is -2.14. The second-order valence-electron chi connectivity index (χ2n) is 9.75. The number of anilines is 1. The van der Waals surface area contributed by atoms with Crippen LogP contribution in [0.15, 0.2) is 90.6 Å². The molecule has 0 radical (unpaired) electrons. The number of carbonyl (C=O) groups excluding carboxylic acids is 1. The molecule has 4 rings (SSSR count). The summed E-state index contributed by atoms with van der Waals surface area (Å²) in [5, 5.41) is 3.70. The highest BCUT2D eigenvalue weighted by Crippen LogP contribution is 2.27. The molecule has 1 N–H and O–H groups in total. The Hall–Kier alpha value is -3.64. The normalized spacial score (nSPS) is 12.6. The van der Waals surface area contributed by atoms with Crippen molar-refractivity contribution in [1.82, 2.24) is 3.97 Å². The number of nitrogens with one attached hydrogen (secondary N) is 1. The minimum atomic E-state index is -3.65. The van der Waals surface area contributed by atoms with Gasteiger partial charge in [-0.2, -0.15) is 0 Å². The summed E-state index contributed by atoms with van der Waals surface area (Å²) >= 11 is 0. The molecule has 0 bridgehead atoms. The summed E-state index contributed by atoms with van der Waals surface area (Å²) in [4.78, 5) is 12.9. The zero-order valence-electron chi connectivity index (χ0n) is 20.4. The molecule has 4 aromatic rings. The second-order valence-corrected chi connectivity index (χ2v) is 11.6. The number of carbonyl (C=O) groups is 1. The van der Waals surface area contributed by atoms with E-state index in [4.69, 9.17) is 0 Å². The number of para-hydroxylation sites is 1. The number of rotatable bonds is 6. The molecule has 0 fully saturated rings. The maximum Gasteiger partial charge on any atom is 0.251 e. The Morgan fingerprint density at radius 3 is 2.20 bits per heavy atom. The first-order chi connectivity index (χ1) is 16.5. The highest BCUT2D eigenvalue weighted by Gasteiger charge is 2.19. The van der Waals surface area contributed by atoms with Gasteiger partial charge in [-0.15, -0.1) is 0 Å². The van der Waals surface area contributed by atoms with E-state index in [-0.39, 0.29) is 17.1 Å². The lowest BCUT2D eigenvalue weighted by Gasteiger charge is -2.19. The van der Waals surface area contributed by atoms with E-state index < -0.39 is 10.0 Å². The molecule has 35 heavy (non-hydrogen) atoms. The average Bonchev–Trinajstić information content (AvgIpc) is 3.18. The molecule has 0 aliphatic carbocycles. The van der Waals surface area contributed by atoms with Crippen LogP contribution in [0, 0.1) is 0 Å². The molecule has 5 nitrogen and oxygen atoms in total. The number of fused-ring (bicyclic) bond motifs is 1. The lowest BCUT2D eigenvalue weighted by atomic mass is 9.87. The number of hydrogen-bond acceptors (Lipinski definition) is 3. The van der Waals surface area contributed by atoms with Crippen LogP contribution >= 0.6 is 0 Å². The van der Waals surface area contributed by atoms with Gasteiger partial charge in [-0.3, -0.25) is 4.79 Å². The quantitative estimate of drug-likeness (QED) is 0.323. The third kappa shape index (κ3) is 5.54. The molecule has 1 amide bonds. The Morgan fingerprint density at radius 2 is 1.54 bits per heavy atom. The number of aromatic nitrogens is 1. The summed E-state index contributed by atoms with van der Waals surface area (Å²) < 4.78 is 27.8. The monoisotopic (exact) mass is 486 g/mol. The summed E-state index contributed by atoms with van der Waals surface area (Å²) in [6.07, 6.45) is 3.33. The molecule has 1 aromatic heterocycles. The van der Waals surface area contributed by atoms with Gasteiger partial charge in [0.15, 0.2) is 0 Å². The van der Waals surface area contributed by atoms with Crippen molar-refractivity contribution in [3.8, 4) is 0 Å². The summed E-state index contributed by atoms with van der Waals surface area (Å²) in [5.41, 5.74) is 4.39. The van der Waals surface area contributed by atoms with Gasteiger partial charge in [0.05, 0.1) is 11.3 Å². The van der Waals surface area contributed by atoms with Crippen LogP contribution in [0.4, 0.5) is 5.69 Å². The van der Waals surface area contributed by atoms with Crippen LogP contribution in [0.25, 0.3) is 17.0 Å². The molecule has 0 spiro atoms. The number of amides is 1. The molecular weight excluding hydrogens is 456 g/mol. The molecule has 1 heterocycles. The second kappa shape index (κ2) is 9.55. The first-order valence-corrected chi connectivity index (χ1v) is 13.1. The highest BCUT2D eigenvalue weighted by molar-refractivity contribution is 7.89. The van der Waals surface area contributed by atoms with E-state index in [2.05, 4.69) is 26.1 Å². The molecule has 180 valence electrons. The lowest BCUT2D eigenvalue weighted by molar-refractivity contribution is -0.112. The van der Waals surface area contributed by atoms with Crippen molar-refractivity contribution < 1.29 is 13.2 Å². The van der Waals surface area contributed by atoms with Crippen molar-refractivity contribution in [2.75, 3.05) is 5.32 Å². The van der Waals surface area contributed by atoms with Gasteiger partial charge in [-0.1, -0.05) is 81.4 Å². The molecule has 0 saturated carbocycles. The van der Waals surface area contributed by atoms with E-state index in [1.54, 1.807) is 37.4 Å². The standard InChI is InChI=1S/C29H30N2O3S/c1-21(28(32)30-25-16-14-24(15-17-25)29(2,3)4)18-23-19-31(27-13-9-8-12-26(23)27)35(33,34)20-22-10-6-5-7-11-22/h5-19H,20H2,1-4H3,(H,30,32)/b21-18+. The van der Waals surface area contributed by atoms with Gasteiger partial charge >= 0.3 is 0 Å². The Morgan fingerprint density at radius 1 is 0.914 bits per heavy atom. The maximum atomic E-state index is 13.3. The zero-order valence-corrected chi connectivity index (χ0v) is 21.3. The van der Waals surface area contributed by atoms with Crippen molar-refractivity contribution in [3.63, 3.8) is 0 Å². The number of hydrogen-bond donors (Lipinski definition) is 1. The molecule has 3 aromatic carbocycles. The first kappa shape index (κ1) is 24.5. The third-order valence-corrected chi connectivity index (χ3v) is 7.54. The summed E-state index contributed by atoms with van der Waals surface area (Å²) in [6, 6.07) is 24.2. The molecular formula is C29H30N2O3S. The zero-order chi connectivity index (χ0) is 25.2. The Balaban J connectivity index is 1.62. The van der Waals surface area contributed by atoms with Crippen LogP contribution in [0.3, 0.4) is 0 Å². The van der Waals surface area contributed by atoms with Crippen LogP contribution in [0.5, 0.6) is 0 Å². The van der Waals surface area contributed by atoms with E-state index in [1.807, 2.05) is 60.7 Å². The van der Waals surface area contributed by atoms with Crippen molar-refractivity contribution in [2.24, 2.45) is 0 Å². The fourth-order valence-electron chi connectivity index (χ4n) is 3.96. The Kier molecular flexibility index (Phi) is 6.68. The Labute approximate surface area is 207 Å². The van der Waals surface area contributed by atoms with E-state index in [0.717, 1.165) is 10.9 Å². The topological polar surface area (TPSA) is 68.2 Å². The first-order valence-electron chi connectivity index (χ1n) is 11.5. The van der Waals surface area contributed by atoms with Crippen molar-refractivity contribution in [1.29, 1.82) is 0 Å². The fourth-order valence-corrected chi connectivity index (χ4v) is 5.44. The van der Waals surface area contributed by atoms with Gasteiger partial charge < -0.3 is 5.32 Å². The number of benzene rings is 3. The fraction of sp³-hybridized carbons (Fsp3) is 0.207. The summed E-state index contributed by atoms with van der Waals surface area (Å²) in [6.45, 7) is 8.15. The summed E-state index contributed by atoms with van der Waals surface area (Å²) in [5.74, 6) is -0.350. The van der Waals surface area contributed by atoms with E-state index in [9.17, 15) is 13.2 Å². The predicted molar refractivity (Wildman–Crippen MR) is 144 cm³/mol. The summed E-state index contributed by atoms with van der Waals surface area (Å²) in [7, 11) is -3.65. The van der Waals surface area contributed by atoms with E-state index in [0.29, 0.717) is 22.3 Å². The van der Waals surface area contributed by atoms with E-state index in [1.165, 1.54) is 9.54 Å². The van der Waals surface area contributed by atoms with Crippen LogP contribution in [0.1, 0.15) is 44.4 Å². The van der Waals surface area contributed by atoms with Gasteiger partial charge in [0.25, 0.3) is 5.91 Å². The van der Waals surface area contributed by atoms with Gasteiger partial charge in [0.2, 0.25) is 10.0 Å². The SMILES string of the molecule is C/C(=C\c1cn(S(=O)(=O)Cc2ccccc2)c2ccccc12)C(=O)Nc1ccc(C(C)(C)C)cc1. The highest BCUT2D eigenvalue weighted by atomic mass is 32.2.